The highest BCUT2D eigenvalue weighted by Crippen LogP contribution is 2.35. The van der Waals surface area contributed by atoms with E-state index in [1.807, 2.05) is 0 Å². The van der Waals surface area contributed by atoms with Crippen LogP contribution in [0.4, 0.5) is 0 Å². The first-order valence-electron chi connectivity index (χ1n) is 5.88. The summed E-state index contributed by atoms with van der Waals surface area (Å²) in [6.45, 7) is 5.11. The molecule has 2 nitrogen and oxygen atoms in total. The van der Waals surface area contributed by atoms with E-state index in [1.165, 1.54) is 32.1 Å². The van der Waals surface area contributed by atoms with E-state index in [4.69, 9.17) is 10.5 Å². The van der Waals surface area contributed by atoms with Crippen LogP contribution in [0.15, 0.2) is 0 Å². The summed E-state index contributed by atoms with van der Waals surface area (Å²) < 4.78 is 5.19. The van der Waals surface area contributed by atoms with Crippen molar-refractivity contribution in [3.63, 3.8) is 0 Å². The molecule has 1 saturated carbocycles. The zero-order chi connectivity index (χ0) is 10.6. The van der Waals surface area contributed by atoms with E-state index in [2.05, 4.69) is 13.8 Å². The molecule has 2 N–H and O–H groups in total. The summed E-state index contributed by atoms with van der Waals surface area (Å²) >= 11 is 0. The highest BCUT2D eigenvalue weighted by Gasteiger charge is 2.33. The first-order chi connectivity index (χ1) is 6.60. The largest absolute Gasteiger partial charge is 0.383 e. The van der Waals surface area contributed by atoms with Crippen LogP contribution < -0.4 is 5.73 Å². The highest BCUT2D eigenvalue weighted by atomic mass is 16.5. The molecule has 0 saturated heterocycles. The summed E-state index contributed by atoms with van der Waals surface area (Å²) in [7, 11) is 1.74. The molecule has 0 bridgehead atoms. The lowest BCUT2D eigenvalue weighted by molar-refractivity contribution is 0.0811. The van der Waals surface area contributed by atoms with Crippen LogP contribution in [-0.2, 0) is 4.74 Å². The van der Waals surface area contributed by atoms with Crippen LogP contribution in [0.3, 0.4) is 0 Å². The maximum absolute atomic E-state index is 6.26. The van der Waals surface area contributed by atoms with Gasteiger partial charge in [-0.25, -0.2) is 0 Å². The SMILES string of the molecule is CCC1CCC(C(C)(N)COC)CC1. The molecule has 14 heavy (non-hydrogen) atoms. The van der Waals surface area contributed by atoms with Crippen LogP contribution in [0.5, 0.6) is 0 Å². The van der Waals surface area contributed by atoms with E-state index >= 15 is 0 Å². The number of rotatable bonds is 4. The van der Waals surface area contributed by atoms with E-state index in [-0.39, 0.29) is 5.54 Å². The van der Waals surface area contributed by atoms with Gasteiger partial charge in [-0.1, -0.05) is 26.2 Å². The molecule has 1 unspecified atom stereocenters. The molecule has 0 radical (unpaired) electrons. The Hall–Kier alpha value is -0.0800. The van der Waals surface area contributed by atoms with Gasteiger partial charge in [-0.3, -0.25) is 0 Å². The Morgan fingerprint density at radius 2 is 1.86 bits per heavy atom. The average molecular weight is 199 g/mol. The van der Waals surface area contributed by atoms with Gasteiger partial charge < -0.3 is 10.5 Å². The molecule has 1 aliphatic carbocycles. The van der Waals surface area contributed by atoms with Crippen LogP contribution >= 0.6 is 0 Å². The third-order valence-corrected chi connectivity index (χ3v) is 3.81. The summed E-state index contributed by atoms with van der Waals surface area (Å²) in [6.07, 6.45) is 6.62. The first kappa shape index (κ1) is 12.0. The number of hydrogen-bond acceptors (Lipinski definition) is 2. The zero-order valence-electron chi connectivity index (χ0n) is 9.88. The van der Waals surface area contributed by atoms with Crippen molar-refractivity contribution in [1.82, 2.24) is 0 Å². The van der Waals surface area contributed by atoms with Crippen LogP contribution in [-0.4, -0.2) is 19.3 Å². The number of methoxy groups -OCH3 is 1. The summed E-state index contributed by atoms with van der Waals surface area (Å²) in [5.41, 5.74) is 6.15. The highest BCUT2D eigenvalue weighted by molar-refractivity contribution is 4.89. The molecule has 0 aliphatic heterocycles. The molecular formula is C12H25NO. The average Bonchev–Trinajstić information content (AvgIpc) is 2.18. The number of hydrogen-bond donors (Lipinski definition) is 1. The minimum absolute atomic E-state index is 0.118. The van der Waals surface area contributed by atoms with Crippen LogP contribution in [0, 0.1) is 11.8 Å². The molecule has 2 heteroatoms. The van der Waals surface area contributed by atoms with Crippen molar-refractivity contribution < 1.29 is 4.74 Å². The number of ether oxygens (including phenoxy) is 1. The van der Waals surface area contributed by atoms with E-state index in [9.17, 15) is 0 Å². The summed E-state index contributed by atoms with van der Waals surface area (Å²) in [4.78, 5) is 0. The Balaban J connectivity index is 2.40. The fourth-order valence-electron chi connectivity index (χ4n) is 2.66. The van der Waals surface area contributed by atoms with Gasteiger partial charge in [-0.15, -0.1) is 0 Å². The molecule has 84 valence electrons. The third-order valence-electron chi connectivity index (χ3n) is 3.81. The molecule has 0 aromatic carbocycles. The molecule has 0 spiro atoms. The molecule has 1 aliphatic rings. The van der Waals surface area contributed by atoms with E-state index in [0.717, 1.165) is 5.92 Å². The van der Waals surface area contributed by atoms with Crippen molar-refractivity contribution in [3.8, 4) is 0 Å². The van der Waals surface area contributed by atoms with Gasteiger partial charge >= 0.3 is 0 Å². The predicted octanol–water partition coefficient (Wildman–Crippen LogP) is 2.57. The monoisotopic (exact) mass is 199 g/mol. The second-order valence-electron chi connectivity index (χ2n) is 5.06. The lowest BCUT2D eigenvalue weighted by atomic mass is 9.72. The van der Waals surface area contributed by atoms with Gasteiger partial charge in [0, 0.05) is 12.6 Å². The number of nitrogens with two attached hydrogens (primary N) is 1. The van der Waals surface area contributed by atoms with Crippen molar-refractivity contribution in [3.05, 3.63) is 0 Å². The normalized spacial score (nSPS) is 32.6. The summed E-state index contributed by atoms with van der Waals surface area (Å²) in [5, 5.41) is 0. The van der Waals surface area contributed by atoms with Gasteiger partial charge in [-0.05, 0) is 31.6 Å². The van der Waals surface area contributed by atoms with Gasteiger partial charge in [0.2, 0.25) is 0 Å². The second-order valence-corrected chi connectivity index (χ2v) is 5.06. The Morgan fingerprint density at radius 3 is 2.29 bits per heavy atom. The molecular weight excluding hydrogens is 174 g/mol. The quantitative estimate of drug-likeness (QED) is 0.755. The van der Waals surface area contributed by atoms with Crippen LogP contribution in [0.2, 0.25) is 0 Å². The first-order valence-corrected chi connectivity index (χ1v) is 5.88. The minimum atomic E-state index is -0.118. The molecule has 1 rings (SSSR count). The van der Waals surface area contributed by atoms with Gasteiger partial charge in [0.05, 0.1) is 6.61 Å². The standard InChI is InChI=1S/C12H25NO/c1-4-10-5-7-11(8-6-10)12(2,13)9-14-3/h10-11H,4-9,13H2,1-3H3. The van der Waals surface area contributed by atoms with Crippen molar-refractivity contribution >= 4 is 0 Å². The van der Waals surface area contributed by atoms with Gasteiger partial charge in [-0.2, -0.15) is 0 Å². The van der Waals surface area contributed by atoms with Gasteiger partial charge in [0.15, 0.2) is 0 Å². The van der Waals surface area contributed by atoms with E-state index in [1.54, 1.807) is 7.11 Å². The van der Waals surface area contributed by atoms with E-state index < -0.39 is 0 Å². The topological polar surface area (TPSA) is 35.2 Å². The third kappa shape index (κ3) is 2.96. The Kier molecular flexibility index (Phi) is 4.39. The molecule has 0 amide bonds. The minimum Gasteiger partial charge on any atom is -0.383 e. The fraction of sp³-hybridized carbons (Fsp3) is 1.00. The summed E-state index contributed by atoms with van der Waals surface area (Å²) in [6, 6.07) is 0. The Bertz CT molecular complexity index is 160. The Morgan fingerprint density at radius 1 is 1.29 bits per heavy atom. The molecule has 0 heterocycles. The van der Waals surface area contributed by atoms with Crippen molar-refractivity contribution in [1.29, 1.82) is 0 Å². The van der Waals surface area contributed by atoms with Crippen LogP contribution in [0.1, 0.15) is 46.0 Å². The molecule has 1 fully saturated rings. The summed E-state index contributed by atoms with van der Waals surface area (Å²) in [5.74, 6) is 1.61. The lowest BCUT2D eigenvalue weighted by Crippen LogP contribution is -2.49. The van der Waals surface area contributed by atoms with Crippen LogP contribution in [0.25, 0.3) is 0 Å². The maximum atomic E-state index is 6.26. The lowest BCUT2D eigenvalue weighted by Gasteiger charge is -2.38. The fourth-order valence-corrected chi connectivity index (χ4v) is 2.66. The predicted molar refractivity (Wildman–Crippen MR) is 60.2 cm³/mol. The van der Waals surface area contributed by atoms with Gasteiger partial charge in [0.1, 0.15) is 0 Å². The Labute approximate surface area is 88.2 Å². The smallest absolute Gasteiger partial charge is 0.0642 e. The zero-order valence-corrected chi connectivity index (χ0v) is 9.88. The maximum Gasteiger partial charge on any atom is 0.0642 e. The molecule has 0 aromatic heterocycles. The van der Waals surface area contributed by atoms with Crippen molar-refractivity contribution in [2.24, 2.45) is 17.6 Å². The van der Waals surface area contributed by atoms with Crippen molar-refractivity contribution in [2.45, 2.75) is 51.5 Å². The molecule has 0 aromatic rings. The van der Waals surface area contributed by atoms with Gasteiger partial charge in [0.25, 0.3) is 0 Å². The second kappa shape index (κ2) is 5.13. The van der Waals surface area contributed by atoms with E-state index in [0.29, 0.717) is 12.5 Å². The molecule has 1 atom stereocenters. The van der Waals surface area contributed by atoms with Crippen molar-refractivity contribution in [2.75, 3.05) is 13.7 Å².